The second-order valence-electron chi connectivity index (χ2n) is 7.52. The summed E-state index contributed by atoms with van der Waals surface area (Å²) in [5, 5.41) is 21.8. The van der Waals surface area contributed by atoms with Crippen LogP contribution in [0.2, 0.25) is 5.15 Å². The summed E-state index contributed by atoms with van der Waals surface area (Å²) < 4.78 is 3.90. The van der Waals surface area contributed by atoms with Gasteiger partial charge in [-0.1, -0.05) is 18.5 Å². The minimum absolute atomic E-state index is 0.101. The smallest absolute Gasteiger partial charge is 0.272 e. The van der Waals surface area contributed by atoms with Crippen LogP contribution in [0.15, 0.2) is 11.4 Å². The Morgan fingerprint density at radius 3 is 2.89 bits per heavy atom. The molecular weight excluding hydrogens is 390 g/mol. The highest BCUT2D eigenvalue weighted by Gasteiger charge is 2.41. The molecule has 4 rings (SSSR count). The molecule has 2 aromatic rings. The molecule has 3 heterocycles. The molecule has 2 amide bonds. The Labute approximate surface area is 165 Å². The summed E-state index contributed by atoms with van der Waals surface area (Å²) in [6.07, 6.45) is 1.82. The maximum atomic E-state index is 12.6. The van der Waals surface area contributed by atoms with Gasteiger partial charge in [0.1, 0.15) is 5.69 Å². The van der Waals surface area contributed by atoms with Gasteiger partial charge in [-0.25, -0.2) is 0 Å². The number of carbonyl (C=O) groups is 2. The van der Waals surface area contributed by atoms with Crippen LogP contribution in [0.1, 0.15) is 52.7 Å². The van der Waals surface area contributed by atoms with Gasteiger partial charge >= 0.3 is 0 Å². The Morgan fingerprint density at radius 1 is 1.44 bits per heavy atom. The summed E-state index contributed by atoms with van der Waals surface area (Å²) in [5.74, 6) is -0.612. The second-order valence-corrected chi connectivity index (χ2v) is 8.50. The van der Waals surface area contributed by atoms with E-state index in [1.54, 1.807) is 11.4 Å². The first-order valence-corrected chi connectivity index (χ1v) is 10.0. The van der Waals surface area contributed by atoms with E-state index in [-0.39, 0.29) is 35.0 Å². The molecule has 8 nitrogen and oxygen atoms in total. The van der Waals surface area contributed by atoms with Crippen molar-refractivity contribution in [1.29, 1.82) is 0 Å². The first-order valence-electron chi connectivity index (χ1n) is 8.80. The normalized spacial score (nSPS) is 23.9. The van der Waals surface area contributed by atoms with Crippen LogP contribution < -0.4 is 5.32 Å². The van der Waals surface area contributed by atoms with E-state index in [2.05, 4.69) is 26.8 Å². The quantitative estimate of drug-likeness (QED) is 0.709. The van der Waals surface area contributed by atoms with Crippen molar-refractivity contribution in [2.45, 2.75) is 43.7 Å². The Kier molecular flexibility index (Phi) is 4.69. The molecule has 2 unspecified atom stereocenters. The van der Waals surface area contributed by atoms with Crippen molar-refractivity contribution in [3.05, 3.63) is 33.6 Å². The van der Waals surface area contributed by atoms with Crippen LogP contribution in [-0.4, -0.2) is 61.6 Å². The number of aliphatic hydroxyl groups is 1. The average molecular weight is 410 g/mol. The molecule has 0 bridgehead atoms. The number of aromatic amines is 1. The third-order valence-electron chi connectivity index (χ3n) is 5.27. The molecule has 2 aromatic heterocycles. The van der Waals surface area contributed by atoms with Crippen LogP contribution in [0.5, 0.6) is 0 Å². The van der Waals surface area contributed by atoms with E-state index >= 15 is 0 Å². The van der Waals surface area contributed by atoms with Crippen LogP contribution in [0, 0.1) is 0 Å². The van der Waals surface area contributed by atoms with E-state index in [0.29, 0.717) is 24.2 Å². The number of aliphatic hydroxyl groups excluding tert-OH is 1. The minimum atomic E-state index is -0.724. The van der Waals surface area contributed by atoms with E-state index in [1.807, 2.05) is 0 Å². The largest absolute Gasteiger partial charge is 0.391 e. The summed E-state index contributed by atoms with van der Waals surface area (Å²) >= 11 is 7.05. The van der Waals surface area contributed by atoms with Crippen molar-refractivity contribution in [3.8, 4) is 0 Å². The van der Waals surface area contributed by atoms with E-state index in [4.69, 9.17) is 11.6 Å². The van der Waals surface area contributed by atoms with Crippen LogP contribution in [0.25, 0.3) is 0 Å². The predicted octanol–water partition coefficient (Wildman–Crippen LogP) is 1.58. The number of rotatable bonds is 4. The number of aromatic nitrogens is 3. The summed E-state index contributed by atoms with van der Waals surface area (Å²) in [4.78, 5) is 26.6. The van der Waals surface area contributed by atoms with Crippen molar-refractivity contribution in [2.24, 2.45) is 0 Å². The SMILES string of the molecule is CC1(c2cc(C(=O)NC3CC(O)CN(C(=O)c4csnc4Cl)C3)n[nH]2)CC1. The molecule has 2 fully saturated rings. The van der Waals surface area contributed by atoms with Gasteiger partial charge in [-0.2, -0.15) is 9.47 Å². The number of amides is 2. The van der Waals surface area contributed by atoms with Crippen LogP contribution in [-0.2, 0) is 5.41 Å². The fourth-order valence-corrected chi connectivity index (χ4v) is 4.22. The highest BCUT2D eigenvalue weighted by molar-refractivity contribution is 7.04. The standard InChI is InChI=1S/C17H20ClN5O3S/c1-17(2-3-17)13-5-12(20-21-13)15(25)19-9-4-10(24)7-23(6-9)16(26)11-8-27-22-14(11)18/h5,8-10,24H,2-4,6-7H2,1H3,(H,19,25)(H,20,21). The molecule has 27 heavy (non-hydrogen) atoms. The fourth-order valence-electron chi connectivity index (χ4n) is 3.34. The Hall–Kier alpha value is -1.97. The first-order chi connectivity index (χ1) is 12.9. The zero-order valence-corrected chi connectivity index (χ0v) is 16.3. The summed E-state index contributed by atoms with van der Waals surface area (Å²) in [6, 6.07) is 1.41. The van der Waals surface area contributed by atoms with E-state index in [0.717, 1.165) is 30.1 Å². The topological polar surface area (TPSA) is 111 Å². The zero-order chi connectivity index (χ0) is 19.2. The van der Waals surface area contributed by atoms with Gasteiger partial charge < -0.3 is 15.3 Å². The maximum absolute atomic E-state index is 12.6. The third-order valence-corrected chi connectivity index (χ3v) is 6.29. The molecule has 3 N–H and O–H groups in total. The average Bonchev–Trinajstić information content (AvgIpc) is 3.03. The number of β-amino-alcohol motifs (C(OH)–C–C–N with tert-alkyl or cyclic N) is 1. The first kappa shape index (κ1) is 18.4. The molecule has 0 spiro atoms. The summed E-state index contributed by atoms with van der Waals surface area (Å²) in [7, 11) is 0. The van der Waals surface area contributed by atoms with Crippen molar-refractivity contribution in [2.75, 3.05) is 13.1 Å². The van der Waals surface area contributed by atoms with E-state index in [1.165, 1.54) is 4.90 Å². The predicted molar refractivity (Wildman–Crippen MR) is 100 cm³/mol. The number of carbonyl (C=O) groups excluding carboxylic acids is 2. The lowest BCUT2D eigenvalue weighted by atomic mass is 10.0. The molecule has 1 saturated carbocycles. The van der Waals surface area contributed by atoms with Crippen LogP contribution in [0.3, 0.4) is 0 Å². The molecule has 0 aromatic carbocycles. The molecule has 1 aliphatic heterocycles. The Bertz CT molecular complexity index is 878. The van der Waals surface area contributed by atoms with Crippen molar-refractivity contribution >= 4 is 34.9 Å². The van der Waals surface area contributed by atoms with Gasteiger partial charge in [-0.05, 0) is 36.9 Å². The number of nitrogens with zero attached hydrogens (tertiary/aromatic N) is 3. The number of nitrogens with one attached hydrogen (secondary N) is 2. The van der Waals surface area contributed by atoms with Crippen molar-refractivity contribution < 1.29 is 14.7 Å². The van der Waals surface area contributed by atoms with Gasteiger partial charge in [0.05, 0.1) is 11.7 Å². The molecule has 10 heteroatoms. The van der Waals surface area contributed by atoms with E-state index < -0.39 is 6.10 Å². The summed E-state index contributed by atoms with van der Waals surface area (Å²) in [5.41, 5.74) is 1.70. The van der Waals surface area contributed by atoms with Gasteiger partial charge in [0.15, 0.2) is 5.15 Å². The number of hydrogen-bond donors (Lipinski definition) is 3. The molecule has 0 radical (unpaired) electrons. The highest BCUT2D eigenvalue weighted by atomic mass is 35.5. The Morgan fingerprint density at radius 2 is 2.22 bits per heavy atom. The maximum Gasteiger partial charge on any atom is 0.272 e. The molecular formula is C17H20ClN5O3S. The summed E-state index contributed by atoms with van der Waals surface area (Å²) in [6.45, 7) is 2.62. The molecule has 2 aliphatic rings. The lowest BCUT2D eigenvalue weighted by Gasteiger charge is -2.35. The minimum Gasteiger partial charge on any atom is -0.391 e. The van der Waals surface area contributed by atoms with Crippen molar-refractivity contribution in [3.63, 3.8) is 0 Å². The van der Waals surface area contributed by atoms with Crippen molar-refractivity contribution in [1.82, 2.24) is 24.8 Å². The number of likely N-dealkylation sites (tertiary alicyclic amines) is 1. The van der Waals surface area contributed by atoms with Crippen LogP contribution >= 0.6 is 23.1 Å². The highest BCUT2D eigenvalue weighted by Crippen LogP contribution is 2.46. The number of halogens is 1. The zero-order valence-electron chi connectivity index (χ0n) is 14.7. The van der Waals surface area contributed by atoms with Gasteiger partial charge in [-0.3, -0.25) is 14.7 Å². The monoisotopic (exact) mass is 409 g/mol. The van der Waals surface area contributed by atoms with Gasteiger partial charge in [0.2, 0.25) is 0 Å². The van der Waals surface area contributed by atoms with Gasteiger partial charge in [0.25, 0.3) is 11.8 Å². The number of H-pyrrole nitrogens is 1. The molecule has 144 valence electrons. The molecule has 1 saturated heterocycles. The molecule has 2 atom stereocenters. The number of hydrogen-bond acceptors (Lipinski definition) is 6. The van der Waals surface area contributed by atoms with Crippen LogP contribution in [0.4, 0.5) is 0 Å². The van der Waals surface area contributed by atoms with E-state index in [9.17, 15) is 14.7 Å². The lowest BCUT2D eigenvalue weighted by molar-refractivity contribution is 0.0371. The lowest BCUT2D eigenvalue weighted by Crippen LogP contribution is -2.54. The van der Waals surface area contributed by atoms with Gasteiger partial charge in [0, 0.05) is 35.6 Å². The number of piperidine rings is 1. The Balaban J connectivity index is 1.42. The third kappa shape index (κ3) is 3.71. The second kappa shape index (κ2) is 6.88. The van der Waals surface area contributed by atoms with Gasteiger partial charge in [-0.15, -0.1) is 0 Å². The fraction of sp³-hybridized carbons (Fsp3) is 0.529. The molecule has 1 aliphatic carbocycles.